The number of nitrogens with zero attached hydrogens (tertiary/aromatic N) is 7. The van der Waals surface area contributed by atoms with Gasteiger partial charge in [-0.15, -0.1) is 10.2 Å². The Morgan fingerprint density at radius 3 is 2.48 bits per heavy atom. The third kappa shape index (κ3) is 4.19. The van der Waals surface area contributed by atoms with Crippen LogP contribution in [-0.2, 0) is 11.3 Å². The van der Waals surface area contributed by atoms with Crippen LogP contribution in [0.4, 0.5) is 10.5 Å². The number of carbonyl (C=O) groups excluding carboxylic acids is 2. The van der Waals surface area contributed by atoms with Crippen LogP contribution in [0, 0.1) is 11.3 Å². The molecular formula is C28H22Cl2N8O2. The predicted octanol–water partition coefficient (Wildman–Crippen LogP) is 4.48. The van der Waals surface area contributed by atoms with Crippen molar-refractivity contribution in [2.75, 3.05) is 25.0 Å². The number of amides is 3. The van der Waals surface area contributed by atoms with Crippen LogP contribution in [0.5, 0.6) is 0 Å². The first-order valence-corrected chi connectivity index (χ1v) is 13.2. The smallest absolute Gasteiger partial charge is 0.310 e. The maximum absolute atomic E-state index is 14.4. The van der Waals surface area contributed by atoms with Crippen LogP contribution in [0.25, 0.3) is 11.4 Å². The SMILES string of the molecule is CN1C(=O)N(c2cc(Cl)cc(Cl)c2)C(=O)C12CN(Cc1ccccc1-c1nn[nH]n1)CC2c1ccc(C#N)cc1. The van der Waals surface area contributed by atoms with Gasteiger partial charge in [-0.1, -0.05) is 59.6 Å². The number of nitriles is 1. The fourth-order valence-electron chi connectivity index (χ4n) is 5.81. The second-order valence-electron chi connectivity index (χ2n) is 9.88. The normalized spacial score (nSPS) is 21.0. The predicted molar refractivity (Wildman–Crippen MR) is 149 cm³/mol. The van der Waals surface area contributed by atoms with Gasteiger partial charge in [0.25, 0.3) is 5.91 Å². The number of aromatic nitrogens is 4. The molecule has 12 heteroatoms. The molecule has 6 rings (SSSR count). The number of benzene rings is 3. The molecule has 1 N–H and O–H groups in total. The maximum atomic E-state index is 14.4. The standard InChI is InChI=1S/C28H22Cl2N8O2/c1-36-27(40)38(22-11-20(29)10-21(30)12-22)26(39)28(36)16-37(15-24(28)18-8-6-17(13-31)7-9-18)14-19-4-2-3-5-23(19)25-32-34-35-33-25/h2-12,24H,14-16H2,1H3,(H,32,33,34,35). The van der Waals surface area contributed by atoms with E-state index in [1.807, 2.05) is 36.4 Å². The molecule has 0 aliphatic carbocycles. The molecule has 2 aliphatic rings. The fourth-order valence-corrected chi connectivity index (χ4v) is 6.32. The summed E-state index contributed by atoms with van der Waals surface area (Å²) in [5, 5.41) is 24.4. The Morgan fingerprint density at radius 1 is 1.07 bits per heavy atom. The molecule has 3 aromatic carbocycles. The second kappa shape index (κ2) is 10.0. The number of imide groups is 1. The Kier molecular flexibility index (Phi) is 6.50. The minimum atomic E-state index is -1.21. The fraction of sp³-hybridized carbons (Fsp3) is 0.214. The van der Waals surface area contributed by atoms with Crippen LogP contribution in [-0.4, -0.2) is 68.0 Å². The highest BCUT2D eigenvalue weighted by Crippen LogP contribution is 2.47. The summed E-state index contributed by atoms with van der Waals surface area (Å²) in [6, 6.07) is 21.2. The van der Waals surface area contributed by atoms with Gasteiger partial charge in [-0.3, -0.25) is 9.69 Å². The Balaban J connectivity index is 1.42. The van der Waals surface area contributed by atoms with Crippen LogP contribution in [0.3, 0.4) is 0 Å². The van der Waals surface area contributed by atoms with E-state index >= 15 is 0 Å². The van der Waals surface area contributed by atoms with Crippen molar-refractivity contribution in [2.45, 2.75) is 18.0 Å². The zero-order chi connectivity index (χ0) is 28.0. The summed E-state index contributed by atoms with van der Waals surface area (Å²) in [7, 11) is 1.65. The molecule has 200 valence electrons. The highest BCUT2D eigenvalue weighted by Gasteiger charge is 2.64. The number of H-pyrrole nitrogens is 1. The van der Waals surface area contributed by atoms with Crippen molar-refractivity contribution in [2.24, 2.45) is 0 Å². The van der Waals surface area contributed by atoms with E-state index in [2.05, 4.69) is 31.6 Å². The van der Waals surface area contributed by atoms with Crippen molar-refractivity contribution in [3.8, 4) is 17.5 Å². The number of rotatable bonds is 5. The Bertz CT molecular complexity index is 1630. The molecule has 2 saturated heterocycles. The van der Waals surface area contributed by atoms with E-state index in [4.69, 9.17) is 23.2 Å². The number of urea groups is 1. The minimum Gasteiger partial charge on any atom is -0.310 e. The minimum absolute atomic E-state index is 0.282. The third-order valence-corrected chi connectivity index (χ3v) is 8.11. The quantitative estimate of drug-likeness (QED) is 0.350. The van der Waals surface area contributed by atoms with E-state index in [1.54, 1.807) is 37.4 Å². The summed E-state index contributed by atoms with van der Waals surface area (Å²) in [6.07, 6.45) is 0. The number of halogens is 2. The molecule has 4 aromatic rings. The largest absolute Gasteiger partial charge is 0.332 e. The Morgan fingerprint density at radius 2 is 1.80 bits per heavy atom. The van der Waals surface area contributed by atoms with Crippen molar-refractivity contribution < 1.29 is 9.59 Å². The lowest BCUT2D eigenvalue weighted by atomic mass is 9.80. The summed E-state index contributed by atoms with van der Waals surface area (Å²) < 4.78 is 0. The topological polar surface area (TPSA) is 122 Å². The van der Waals surface area contributed by atoms with Crippen molar-refractivity contribution in [3.63, 3.8) is 0 Å². The van der Waals surface area contributed by atoms with E-state index in [0.29, 0.717) is 40.2 Å². The van der Waals surface area contributed by atoms with Gasteiger partial charge in [0.1, 0.15) is 5.54 Å². The molecule has 0 saturated carbocycles. The average Bonchev–Trinajstić information content (AvgIpc) is 3.65. The number of carbonyl (C=O) groups is 2. The van der Waals surface area contributed by atoms with E-state index in [0.717, 1.165) is 21.6 Å². The number of aromatic amines is 1. The molecule has 2 fully saturated rings. The van der Waals surface area contributed by atoms with Crippen molar-refractivity contribution in [1.82, 2.24) is 30.4 Å². The lowest BCUT2D eigenvalue weighted by molar-refractivity contribution is -0.124. The average molecular weight is 573 g/mol. The number of tetrazole rings is 1. The van der Waals surface area contributed by atoms with Gasteiger partial charge in [0.05, 0.1) is 17.3 Å². The summed E-state index contributed by atoms with van der Waals surface area (Å²) in [6.45, 7) is 1.25. The molecule has 40 heavy (non-hydrogen) atoms. The Labute approximate surface area is 239 Å². The Hall–Kier alpha value is -4.30. The van der Waals surface area contributed by atoms with E-state index in [1.165, 1.54) is 4.90 Å². The second-order valence-corrected chi connectivity index (χ2v) is 10.8. The van der Waals surface area contributed by atoms with Gasteiger partial charge < -0.3 is 4.90 Å². The zero-order valence-electron chi connectivity index (χ0n) is 21.3. The third-order valence-electron chi connectivity index (χ3n) is 7.68. The molecule has 0 radical (unpaired) electrons. The van der Waals surface area contributed by atoms with Crippen molar-refractivity contribution in [3.05, 3.63) is 93.5 Å². The van der Waals surface area contributed by atoms with E-state index in [-0.39, 0.29) is 18.4 Å². The molecular weight excluding hydrogens is 551 g/mol. The number of nitrogens with one attached hydrogen (secondary N) is 1. The molecule has 1 spiro atoms. The lowest BCUT2D eigenvalue weighted by Gasteiger charge is -2.34. The van der Waals surface area contributed by atoms with Gasteiger partial charge >= 0.3 is 6.03 Å². The van der Waals surface area contributed by atoms with Gasteiger partial charge in [0, 0.05) is 48.2 Å². The summed E-state index contributed by atoms with van der Waals surface area (Å²) in [5.41, 5.74) is 2.25. The van der Waals surface area contributed by atoms with Gasteiger partial charge in [-0.2, -0.15) is 10.5 Å². The number of hydrogen-bond acceptors (Lipinski definition) is 7. The number of likely N-dealkylation sites (N-methyl/N-ethyl adjacent to an activating group) is 1. The molecule has 10 nitrogen and oxygen atoms in total. The van der Waals surface area contributed by atoms with Gasteiger partial charge in [0.15, 0.2) is 0 Å². The van der Waals surface area contributed by atoms with Crippen LogP contribution >= 0.6 is 23.2 Å². The molecule has 1 aromatic heterocycles. The van der Waals surface area contributed by atoms with Gasteiger partial charge in [-0.25, -0.2) is 9.69 Å². The summed E-state index contributed by atoms with van der Waals surface area (Å²) >= 11 is 12.5. The molecule has 0 bridgehead atoms. The summed E-state index contributed by atoms with van der Waals surface area (Å²) in [4.78, 5) is 32.9. The molecule has 2 unspecified atom stereocenters. The first-order chi connectivity index (χ1) is 19.3. The summed E-state index contributed by atoms with van der Waals surface area (Å²) in [5.74, 6) is -0.262. The van der Waals surface area contributed by atoms with Crippen molar-refractivity contribution in [1.29, 1.82) is 5.26 Å². The number of hydrogen-bond donors (Lipinski definition) is 1. The number of likely N-dealkylation sites (tertiary alicyclic amines) is 1. The zero-order valence-corrected chi connectivity index (χ0v) is 22.8. The lowest BCUT2D eigenvalue weighted by Crippen LogP contribution is -2.53. The highest BCUT2D eigenvalue weighted by atomic mass is 35.5. The first kappa shape index (κ1) is 26.0. The maximum Gasteiger partial charge on any atom is 0.332 e. The van der Waals surface area contributed by atoms with Gasteiger partial charge in [-0.05, 0) is 46.7 Å². The first-order valence-electron chi connectivity index (χ1n) is 12.4. The van der Waals surface area contributed by atoms with Crippen LogP contribution in [0.1, 0.15) is 22.6 Å². The van der Waals surface area contributed by atoms with E-state index in [9.17, 15) is 14.9 Å². The monoisotopic (exact) mass is 572 g/mol. The van der Waals surface area contributed by atoms with Crippen molar-refractivity contribution >= 4 is 40.8 Å². The van der Waals surface area contributed by atoms with Crippen LogP contribution < -0.4 is 4.90 Å². The molecule has 3 amide bonds. The number of anilines is 1. The van der Waals surface area contributed by atoms with Gasteiger partial charge in [0.2, 0.25) is 5.82 Å². The van der Waals surface area contributed by atoms with Crippen LogP contribution in [0.15, 0.2) is 66.7 Å². The van der Waals surface area contributed by atoms with Crippen LogP contribution in [0.2, 0.25) is 10.0 Å². The molecule has 2 atom stereocenters. The molecule has 2 aliphatic heterocycles. The van der Waals surface area contributed by atoms with E-state index < -0.39 is 11.6 Å². The highest BCUT2D eigenvalue weighted by molar-refractivity contribution is 6.35. The molecule has 3 heterocycles.